The second-order valence-electron chi connectivity index (χ2n) is 4.58. The highest BCUT2D eigenvalue weighted by Gasteiger charge is 2.13. The normalized spacial score (nSPS) is 11.4. The Labute approximate surface area is 121 Å². The van der Waals surface area contributed by atoms with Gasteiger partial charge in [-0.25, -0.2) is 22.3 Å². The summed E-state index contributed by atoms with van der Waals surface area (Å²) in [7, 11) is -3.80. The molecule has 0 saturated heterocycles. The summed E-state index contributed by atoms with van der Waals surface area (Å²) in [5, 5.41) is 8.10. The second-order valence-corrected chi connectivity index (χ2v) is 6.11. The summed E-state index contributed by atoms with van der Waals surface area (Å²) in [6.45, 7) is 1.85. The van der Waals surface area contributed by atoms with E-state index in [1.54, 1.807) is 19.1 Å². The van der Waals surface area contributed by atoms with Crippen molar-refractivity contribution in [1.29, 1.82) is 0 Å². The fourth-order valence-electron chi connectivity index (χ4n) is 1.96. The van der Waals surface area contributed by atoms with Gasteiger partial charge < -0.3 is 5.32 Å². The number of hydrogen-bond donors (Lipinski definition) is 2. The second kappa shape index (κ2) is 5.79. The molecule has 0 aliphatic heterocycles. The van der Waals surface area contributed by atoms with E-state index in [4.69, 9.17) is 5.14 Å². The van der Waals surface area contributed by atoms with Crippen LogP contribution in [0.1, 0.15) is 11.1 Å². The fourth-order valence-corrected chi connectivity index (χ4v) is 2.77. The van der Waals surface area contributed by atoms with E-state index in [2.05, 4.69) is 5.32 Å². The number of rotatable bonds is 4. The Hall–Kier alpha value is -1.99. The number of anilines is 1. The summed E-state index contributed by atoms with van der Waals surface area (Å²) in [5.41, 5.74) is 1.57. The first-order valence-electron chi connectivity index (χ1n) is 6.09. The summed E-state index contributed by atoms with van der Waals surface area (Å²) >= 11 is 0. The van der Waals surface area contributed by atoms with Crippen LogP contribution in [0.2, 0.25) is 0 Å². The molecule has 2 aromatic rings. The highest BCUT2D eigenvalue weighted by Crippen LogP contribution is 2.22. The van der Waals surface area contributed by atoms with Crippen molar-refractivity contribution in [2.45, 2.75) is 18.4 Å². The summed E-state index contributed by atoms with van der Waals surface area (Å²) in [6.07, 6.45) is 0. The van der Waals surface area contributed by atoms with Crippen molar-refractivity contribution in [3.05, 3.63) is 59.2 Å². The van der Waals surface area contributed by atoms with Gasteiger partial charge in [0.15, 0.2) is 11.6 Å². The van der Waals surface area contributed by atoms with E-state index in [9.17, 15) is 17.2 Å². The van der Waals surface area contributed by atoms with Gasteiger partial charge in [0.25, 0.3) is 0 Å². The lowest BCUT2D eigenvalue weighted by atomic mass is 10.1. The van der Waals surface area contributed by atoms with E-state index in [1.807, 2.05) is 0 Å². The molecular formula is C14H14F2N2O2S. The van der Waals surface area contributed by atoms with E-state index >= 15 is 0 Å². The van der Waals surface area contributed by atoms with Gasteiger partial charge in [0.2, 0.25) is 10.0 Å². The lowest BCUT2D eigenvalue weighted by molar-refractivity contribution is 0.507. The minimum atomic E-state index is -3.80. The topological polar surface area (TPSA) is 72.2 Å². The van der Waals surface area contributed by atoms with Gasteiger partial charge in [-0.3, -0.25) is 0 Å². The summed E-state index contributed by atoms with van der Waals surface area (Å²) < 4.78 is 48.8. The zero-order chi connectivity index (χ0) is 15.6. The first kappa shape index (κ1) is 15.4. The van der Waals surface area contributed by atoms with Crippen LogP contribution < -0.4 is 10.5 Å². The molecule has 3 N–H and O–H groups in total. The van der Waals surface area contributed by atoms with Crippen molar-refractivity contribution in [3.63, 3.8) is 0 Å². The summed E-state index contributed by atoms with van der Waals surface area (Å²) in [4.78, 5) is 0.0257. The van der Waals surface area contributed by atoms with Crippen LogP contribution in [0.4, 0.5) is 14.5 Å². The van der Waals surface area contributed by atoms with Crippen LogP contribution in [0, 0.1) is 18.6 Å². The van der Waals surface area contributed by atoms with Gasteiger partial charge >= 0.3 is 0 Å². The molecule has 7 heteroatoms. The van der Waals surface area contributed by atoms with Gasteiger partial charge in [-0.05, 0) is 42.3 Å². The van der Waals surface area contributed by atoms with Crippen LogP contribution in [0.25, 0.3) is 0 Å². The molecule has 0 bridgehead atoms. The van der Waals surface area contributed by atoms with Gasteiger partial charge in [0, 0.05) is 12.2 Å². The van der Waals surface area contributed by atoms with Gasteiger partial charge in [0.1, 0.15) is 0 Å². The van der Waals surface area contributed by atoms with Crippen LogP contribution in [0.3, 0.4) is 0 Å². The number of benzene rings is 2. The zero-order valence-corrected chi connectivity index (χ0v) is 12.0. The maximum Gasteiger partial charge on any atom is 0.238 e. The maximum atomic E-state index is 13.1. The molecular weight excluding hydrogens is 298 g/mol. The third-order valence-electron chi connectivity index (χ3n) is 3.06. The number of nitrogens with two attached hydrogens (primary N) is 1. The Kier molecular flexibility index (Phi) is 4.24. The Morgan fingerprint density at radius 2 is 1.86 bits per heavy atom. The smallest absolute Gasteiger partial charge is 0.238 e. The van der Waals surface area contributed by atoms with Crippen molar-refractivity contribution >= 4 is 15.7 Å². The summed E-state index contributed by atoms with van der Waals surface area (Å²) in [5.74, 6) is -1.84. The Morgan fingerprint density at radius 3 is 2.48 bits per heavy atom. The number of nitrogens with one attached hydrogen (secondary N) is 1. The van der Waals surface area contributed by atoms with Crippen LogP contribution in [0.15, 0.2) is 41.3 Å². The van der Waals surface area contributed by atoms with Crippen molar-refractivity contribution in [2.75, 3.05) is 5.32 Å². The molecule has 112 valence electrons. The van der Waals surface area contributed by atoms with Gasteiger partial charge in [-0.2, -0.15) is 0 Å². The van der Waals surface area contributed by atoms with Crippen molar-refractivity contribution < 1.29 is 17.2 Å². The third-order valence-corrected chi connectivity index (χ3v) is 4.11. The number of hydrogen-bond acceptors (Lipinski definition) is 3. The fraction of sp³-hybridized carbons (Fsp3) is 0.143. The Balaban J connectivity index is 2.23. The molecule has 2 rings (SSSR count). The molecule has 4 nitrogen and oxygen atoms in total. The molecule has 0 aliphatic carbocycles. The Bertz CT molecular complexity index is 777. The molecule has 0 spiro atoms. The first-order chi connectivity index (χ1) is 9.79. The maximum absolute atomic E-state index is 13.1. The molecule has 0 aliphatic rings. The molecule has 0 amide bonds. The van der Waals surface area contributed by atoms with Gasteiger partial charge in [0.05, 0.1) is 4.90 Å². The molecule has 0 fully saturated rings. The highest BCUT2D eigenvalue weighted by molar-refractivity contribution is 7.89. The van der Waals surface area contributed by atoms with Gasteiger partial charge in [-0.15, -0.1) is 0 Å². The molecule has 0 unspecified atom stereocenters. The molecule has 0 atom stereocenters. The highest BCUT2D eigenvalue weighted by atomic mass is 32.2. The largest absolute Gasteiger partial charge is 0.381 e. The molecule has 0 heterocycles. The van der Waals surface area contributed by atoms with Crippen molar-refractivity contribution in [3.8, 4) is 0 Å². The van der Waals surface area contributed by atoms with Crippen molar-refractivity contribution in [2.24, 2.45) is 5.14 Å². The number of sulfonamides is 1. The zero-order valence-electron chi connectivity index (χ0n) is 11.2. The Morgan fingerprint density at radius 1 is 1.14 bits per heavy atom. The monoisotopic (exact) mass is 312 g/mol. The van der Waals surface area contributed by atoms with E-state index in [-0.39, 0.29) is 11.4 Å². The van der Waals surface area contributed by atoms with Gasteiger partial charge in [-0.1, -0.05) is 12.1 Å². The molecule has 0 aromatic heterocycles. The minimum Gasteiger partial charge on any atom is -0.381 e. The minimum absolute atomic E-state index is 0.0257. The predicted octanol–water partition coefficient (Wildman–Crippen LogP) is 2.53. The lowest BCUT2D eigenvalue weighted by Crippen LogP contribution is -2.14. The number of primary sulfonamides is 1. The van der Waals surface area contributed by atoms with Crippen LogP contribution in [-0.2, 0) is 16.6 Å². The third kappa shape index (κ3) is 3.56. The van der Waals surface area contributed by atoms with Crippen LogP contribution in [-0.4, -0.2) is 8.42 Å². The molecule has 2 aromatic carbocycles. The van der Waals surface area contributed by atoms with Crippen molar-refractivity contribution in [1.82, 2.24) is 0 Å². The molecule has 21 heavy (non-hydrogen) atoms. The standard InChI is InChI=1S/C14H14F2N2O2S/c1-9-13(3-2-4-14(9)21(17,19)20)18-8-10-5-6-11(15)12(16)7-10/h2-7,18H,8H2,1H3,(H2,17,19,20). The van der Waals surface area contributed by atoms with Crippen LogP contribution in [0.5, 0.6) is 0 Å². The predicted molar refractivity (Wildman–Crippen MR) is 76.2 cm³/mol. The van der Waals surface area contributed by atoms with E-state index in [0.717, 1.165) is 12.1 Å². The average Bonchev–Trinajstić information content (AvgIpc) is 2.40. The quantitative estimate of drug-likeness (QED) is 0.911. The van der Waals surface area contributed by atoms with Crippen LogP contribution >= 0.6 is 0 Å². The lowest BCUT2D eigenvalue weighted by Gasteiger charge is -2.12. The van der Waals surface area contributed by atoms with E-state index < -0.39 is 21.7 Å². The molecule has 0 saturated carbocycles. The summed E-state index contributed by atoms with van der Waals surface area (Å²) in [6, 6.07) is 8.23. The number of halogens is 2. The average molecular weight is 312 g/mol. The van der Waals surface area contributed by atoms with E-state index in [1.165, 1.54) is 12.1 Å². The molecule has 0 radical (unpaired) electrons. The first-order valence-corrected chi connectivity index (χ1v) is 7.64. The van der Waals surface area contributed by atoms with E-state index in [0.29, 0.717) is 16.8 Å². The SMILES string of the molecule is Cc1c(NCc2ccc(F)c(F)c2)cccc1S(N)(=O)=O.